The Morgan fingerprint density at radius 1 is 1.17 bits per heavy atom. The molecule has 8 heteroatoms. The number of rotatable bonds is 3. The molecule has 4 heterocycles. The number of fused-ring (bicyclic) bond motifs is 1. The molecule has 150 valence electrons. The van der Waals surface area contributed by atoms with Crippen molar-refractivity contribution in [3.05, 3.63) is 47.2 Å². The molecular formula is C21H24N6OS. The molecule has 1 N–H and O–H groups in total. The quantitative estimate of drug-likeness (QED) is 0.718. The number of nitrogens with zero attached hydrogens (tertiary/aromatic N) is 5. The van der Waals surface area contributed by atoms with Gasteiger partial charge in [0.15, 0.2) is 0 Å². The van der Waals surface area contributed by atoms with Crippen molar-refractivity contribution in [1.29, 1.82) is 0 Å². The highest BCUT2D eigenvalue weighted by atomic mass is 32.1. The topological polar surface area (TPSA) is 74.2 Å². The fourth-order valence-corrected chi connectivity index (χ4v) is 5.02. The van der Waals surface area contributed by atoms with Crippen LogP contribution in [0.3, 0.4) is 0 Å². The molecule has 1 spiro atoms. The maximum atomic E-state index is 12.6. The lowest BCUT2D eigenvalue weighted by molar-refractivity contribution is 0.121. The number of carbonyl (C=O) groups is 1. The second kappa shape index (κ2) is 7.03. The zero-order chi connectivity index (χ0) is 20.0. The molecule has 7 nitrogen and oxygen atoms in total. The van der Waals surface area contributed by atoms with Gasteiger partial charge in [-0.3, -0.25) is 9.80 Å². The third-order valence-corrected chi connectivity index (χ3v) is 7.04. The van der Waals surface area contributed by atoms with Gasteiger partial charge < -0.3 is 5.32 Å². The first-order chi connectivity index (χ1) is 14.0. The van der Waals surface area contributed by atoms with Gasteiger partial charge >= 0.3 is 6.03 Å². The summed E-state index contributed by atoms with van der Waals surface area (Å²) in [4.78, 5) is 29.9. The van der Waals surface area contributed by atoms with Crippen molar-refractivity contribution in [2.75, 3.05) is 24.5 Å². The largest absolute Gasteiger partial charge is 0.330 e. The van der Waals surface area contributed by atoms with Gasteiger partial charge in [-0.15, -0.1) is 11.3 Å². The zero-order valence-electron chi connectivity index (χ0n) is 16.6. The molecule has 2 aromatic heterocycles. The number of amides is 2. The van der Waals surface area contributed by atoms with E-state index in [1.807, 2.05) is 12.4 Å². The molecule has 1 aromatic carbocycles. The number of benzene rings is 1. The Balaban J connectivity index is 1.27. The zero-order valence-corrected chi connectivity index (χ0v) is 17.4. The third-order valence-electron chi connectivity index (χ3n) is 6.23. The van der Waals surface area contributed by atoms with E-state index in [1.54, 1.807) is 28.6 Å². The average Bonchev–Trinajstić information content (AvgIpc) is 3.32. The van der Waals surface area contributed by atoms with Crippen molar-refractivity contribution in [2.45, 2.75) is 38.3 Å². The Bertz CT molecular complexity index is 1040. The van der Waals surface area contributed by atoms with Crippen LogP contribution in [-0.2, 0) is 0 Å². The molecule has 0 saturated carbocycles. The summed E-state index contributed by atoms with van der Waals surface area (Å²) >= 11 is 1.68. The molecule has 0 radical (unpaired) electrons. The summed E-state index contributed by atoms with van der Waals surface area (Å²) in [5, 5.41) is 3.22. The van der Waals surface area contributed by atoms with E-state index in [-0.39, 0.29) is 11.6 Å². The SMILES string of the molecule is Cc1cnc(N2CC3(CCN([C@@H](C)c4ccc5scnc5c4)CC3)NC2=O)nc1. The smallest absolute Gasteiger partial charge is 0.324 e. The van der Waals surface area contributed by atoms with Crippen molar-refractivity contribution in [1.82, 2.24) is 25.2 Å². The van der Waals surface area contributed by atoms with Crippen LogP contribution in [0.5, 0.6) is 0 Å². The van der Waals surface area contributed by atoms with Crippen LogP contribution in [0.15, 0.2) is 36.1 Å². The monoisotopic (exact) mass is 408 g/mol. The molecule has 2 saturated heterocycles. The van der Waals surface area contributed by atoms with Crippen LogP contribution in [0.1, 0.15) is 36.9 Å². The first-order valence-electron chi connectivity index (χ1n) is 9.99. The standard InChI is InChI=1S/C21H24N6OS/c1-14-10-22-19(23-11-14)27-12-21(25-20(27)28)5-7-26(8-6-21)15(2)16-3-4-18-17(9-16)24-13-29-18/h3-4,9-11,13,15H,5-8,12H2,1-2H3,(H,25,28)/t15-/m0/s1. The predicted molar refractivity (Wildman–Crippen MR) is 114 cm³/mol. The summed E-state index contributed by atoms with van der Waals surface area (Å²) in [7, 11) is 0. The van der Waals surface area contributed by atoms with E-state index in [0.717, 1.165) is 37.0 Å². The van der Waals surface area contributed by atoms with E-state index in [1.165, 1.54) is 10.3 Å². The third kappa shape index (κ3) is 3.36. The maximum absolute atomic E-state index is 12.6. The first kappa shape index (κ1) is 18.4. The summed E-state index contributed by atoms with van der Waals surface area (Å²) in [5.41, 5.74) is 5.06. The fourth-order valence-electron chi connectivity index (χ4n) is 4.36. The molecule has 0 aliphatic carbocycles. The number of anilines is 1. The highest BCUT2D eigenvalue weighted by Gasteiger charge is 2.46. The van der Waals surface area contributed by atoms with Crippen LogP contribution in [-0.4, -0.2) is 51.1 Å². The molecule has 1 atom stereocenters. The van der Waals surface area contributed by atoms with Crippen LogP contribution in [0, 0.1) is 6.92 Å². The minimum Gasteiger partial charge on any atom is -0.330 e. The Morgan fingerprint density at radius 3 is 2.69 bits per heavy atom. The van der Waals surface area contributed by atoms with Gasteiger partial charge in [-0.1, -0.05) is 6.07 Å². The van der Waals surface area contributed by atoms with Gasteiger partial charge in [-0.2, -0.15) is 0 Å². The number of hydrogen-bond acceptors (Lipinski definition) is 6. The molecule has 2 amide bonds. The van der Waals surface area contributed by atoms with Gasteiger partial charge in [0.25, 0.3) is 0 Å². The molecule has 2 fully saturated rings. The number of urea groups is 1. The second-order valence-corrected chi connectivity index (χ2v) is 9.03. The van der Waals surface area contributed by atoms with Crippen LogP contribution in [0.25, 0.3) is 10.2 Å². The number of aromatic nitrogens is 3. The van der Waals surface area contributed by atoms with Crippen molar-refractivity contribution < 1.29 is 4.79 Å². The van der Waals surface area contributed by atoms with Gasteiger partial charge in [-0.05, 0) is 49.9 Å². The summed E-state index contributed by atoms with van der Waals surface area (Å²) in [6.07, 6.45) is 5.35. The van der Waals surface area contributed by atoms with Crippen molar-refractivity contribution in [2.24, 2.45) is 0 Å². The molecule has 2 aliphatic rings. The number of aryl methyl sites for hydroxylation is 1. The van der Waals surface area contributed by atoms with Gasteiger partial charge in [0.2, 0.25) is 5.95 Å². The summed E-state index contributed by atoms with van der Waals surface area (Å²) in [5.74, 6) is 0.484. The van der Waals surface area contributed by atoms with E-state index < -0.39 is 0 Å². The molecule has 5 rings (SSSR count). The Kier molecular flexibility index (Phi) is 4.48. The lowest BCUT2D eigenvalue weighted by Crippen LogP contribution is -2.52. The number of carbonyl (C=O) groups excluding carboxylic acids is 1. The number of nitrogens with one attached hydrogen (secondary N) is 1. The number of hydrogen-bond donors (Lipinski definition) is 1. The number of thiazole rings is 1. The van der Waals surface area contributed by atoms with Crippen LogP contribution in [0.2, 0.25) is 0 Å². The summed E-state index contributed by atoms with van der Waals surface area (Å²) in [6.45, 7) is 6.71. The maximum Gasteiger partial charge on any atom is 0.324 e. The van der Waals surface area contributed by atoms with Crippen LogP contribution < -0.4 is 10.2 Å². The normalized spacial score (nSPS) is 20.3. The van der Waals surface area contributed by atoms with Crippen molar-refractivity contribution in [3.63, 3.8) is 0 Å². The fraction of sp³-hybridized carbons (Fsp3) is 0.429. The lowest BCUT2D eigenvalue weighted by Gasteiger charge is -2.41. The van der Waals surface area contributed by atoms with Crippen LogP contribution >= 0.6 is 11.3 Å². The molecule has 3 aromatic rings. The van der Waals surface area contributed by atoms with E-state index in [0.29, 0.717) is 18.5 Å². The number of piperidine rings is 1. The van der Waals surface area contributed by atoms with E-state index >= 15 is 0 Å². The van der Waals surface area contributed by atoms with E-state index in [9.17, 15) is 4.79 Å². The van der Waals surface area contributed by atoms with Crippen molar-refractivity contribution >= 4 is 33.5 Å². The van der Waals surface area contributed by atoms with Crippen molar-refractivity contribution in [3.8, 4) is 0 Å². The highest BCUT2D eigenvalue weighted by Crippen LogP contribution is 2.34. The molecule has 29 heavy (non-hydrogen) atoms. The Hall–Kier alpha value is -2.58. The first-order valence-corrected chi connectivity index (χ1v) is 10.9. The van der Waals surface area contributed by atoms with Crippen LogP contribution in [0.4, 0.5) is 10.7 Å². The molecular weight excluding hydrogens is 384 g/mol. The minimum absolute atomic E-state index is 0.0932. The van der Waals surface area contributed by atoms with E-state index in [4.69, 9.17) is 0 Å². The predicted octanol–water partition coefficient (Wildman–Crippen LogP) is 3.52. The lowest BCUT2D eigenvalue weighted by atomic mass is 9.87. The summed E-state index contributed by atoms with van der Waals surface area (Å²) < 4.78 is 1.23. The molecule has 0 unspecified atom stereocenters. The van der Waals surface area contributed by atoms with Gasteiger partial charge in [0.05, 0.1) is 27.8 Å². The summed E-state index contributed by atoms with van der Waals surface area (Å²) in [6, 6.07) is 6.82. The van der Waals surface area contributed by atoms with Gasteiger partial charge in [0.1, 0.15) is 0 Å². The number of likely N-dealkylation sites (tertiary alicyclic amines) is 1. The second-order valence-electron chi connectivity index (χ2n) is 8.15. The Morgan fingerprint density at radius 2 is 1.93 bits per heavy atom. The highest BCUT2D eigenvalue weighted by molar-refractivity contribution is 7.16. The molecule has 0 bridgehead atoms. The molecule has 2 aliphatic heterocycles. The minimum atomic E-state index is -0.194. The van der Waals surface area contributed by atoms with Gasteiger partial charge in [0, 0.05) is 31.5 Å². The van der Waals surface area contributed by atoms with Gasteiger partial charge in [-0.25, -0.2) is 19.7 Å². The Labute approximate surface area is 173 Å². The average molecular weight is 409 g/mol. The van der Waals surface area contributed by atoms with E-state index in [2.05, 4.69) is 50.3 Å².